The normalized spacial score (nSPS) is 15.2. The van der Waals surface area contributed by atoms with Gasteiger partial charge in [0.15, 0.2) is 0 Å². The first-order valence-electron chi connectivity index (χ1n) is 4.46. The molecule has 0 unspecified atom stereocenters. The number of amides is 2. The van der Waals surface area contributed by atoms with E-state index in [1.807, 2.05) is 0 Å². The Morgan fingerprint density at radius 2 is 1.88 bits per heavy atom. The maximum atomic E-state index is 11.9. The number of nitrogens with two attached hydrogens (primary N) is 1. The number of nitrogens with zero attached hydrogens (tertiary/aromatic N) is 1. The Hall–Kier alpha value is -1.41. The van der Waals surface area contributed by atoms with Gasteiger partial charge in [0.2, 0.25) is 0 Å². The molecular formula is C9H7BrN2O4S. The van der Waals surface area contributed by atoms with Crippen molar-refractivity contribution in [3.05, 3.63) is 29.3 Å². The van der Waals surface area contributed by atoms with E-state index in [4.69, 9.17) is 5.73 Å². The molecule has 1 aromatic rings. The zero-order valence-electron chi connectivity index (χ0n) is 8.38. The number of nitrogen functional groups attached to an aromatic ring is 1. The molecule has 0 bridgehead atoms. The number of hydrogen-bond acceptors (Lipinski definition) is 5. The Kier molecular flexibility index (Phi) is 2.70. The molecule has 1 heterocycles. The van der Waals surface area contributed by atoms with Crippen LogP contribution >= 0.6 is 15.9 Å². The SMILES string of the molecule is Nc1cccc2c1C(=O)N(S(=O)(=O)CBr)C2=O. The van der Waals surface area contributed by atoms with Gasteiger partial charge in [0.1, 0.15) is 4.66 Å². The molecule has 6 nitrogen and oxygen atoms in total. The van der Waals surface area contributed by atoms with E-state index in [1.165, 1.54) is 18.2 Å². The summed E-state index contributed by atoms with van der Waals surface area (Å²) in [6.07, 6.45) is 0. The van der Waals surface area contributed by atoms with E-state index in [9.17, 15) is 18.0 Å². The summed E-state index contributed by atoms with van der Waals surface area (Å²) in [6, 6.07) is 4.30. The van der Waals surface area contributed by atoms with Crippen LogP contribution in [-0.4, -0.2) is 29.2 Å². The number of benzene rings is 1. The van der Waals surface area contributed by atoms with Crippen molar-refractivity contribution in [2.45, 2.75) is 0 Å². The summed E-state index contributed by atoms with van der Waals surface area (Å²) in [5, 5.41) is 0. The second kappa shape index (κ2) is 3.81. The van der Waals surface area contributed by atoms with E-state index in [0.717, 1.165) is 0 Å². The number of anilines is 1. The van der Waals surface area contributed by atoms with Crippen LogP contribution in [0, 0.1) is 0 Å². The average molecular weight is 319 g/mol. The van der Waals surface area contributed by atoms with E-state index in [1.54, 1.807) is 0 Å². The summed E-state index contributed by atoms with van der Waals surface area (Å²) < 4.78 is 22.9. The molecular weight excluding hydrogens is 312 g/mol. The molecule has 0 radical (unpaired) electrons. The van der Waals surface area contributed by atoms with Crippen LogP contribution in [-0.2, 0) is 10.0 Å². The van der Waals surface area contributed by atoms with E-state index in [2.05, 4.69) is 15.9 Å². The number of sulfonamides is 1. The molecule has 2 amide bonds. The first kappa shape index (κ1) is 12.1. The molecule has 0 atom stereocenters. The summed E-state index contributed by atoms with van der Waals surface area (Å²) >= 11 is 2.73. The first-order valence-corrected chi connectivity index (χ1v) is 7.19. The van der Waals surface area contributed by atoms with Gasteiger partial charge < -0.3 is 5.73 Å². The largest absolute Gasteiger partial charge is 0.398 e. The summed E-state index contributed by atoms with van der Waals surface area (Å²) in [7, 11) is -3.99. The number of carbonyl (C=O) groups excluding carboxylic acids is 2. The Labute approximate surface area is 106 Å². The predicted octanol–water partition coefficient (Wildman–Crippen LogP) is 0.547. The smallest absolute Gasteiger partial charge is 0.277 e. The van der Waals surface area contributed by atoms with Crippen LogP contribution in [0.25, 0.3) is 0 Å². The molecule has 0 saturated heterocycles. The third kappa shape index (κ3) is 1.64. The van der Waals surface area contributed by atoms with E-state index >= 15 is 0 Å². The maximum absolute atomic E-state index is 11.9. The van der Waals surface area contributed by atoms with Gasteiger partial charge in [0, 0.05) is 5.69 Å². The van der Waals surface area contributed by atoms with Crippen molar-refractivity contribution in [1.82, 2.24) is 4.31 Å². The van der Waals surface area contributed by atoms with Crippen LogP contribution in [0.3, 0.4) is 0 Å². The van der Waals surface area contributed by atoms with Gasteiger partial charge in [-0.25, -0.2) is 8.42 Å². The molecule has 0 spiro atoms. The highest BCUT2D eigenvalue weighted by molar-refractivity contribution is 9.10. The second-order valence-corrected chi connectivity index (χ2v) is 6.49. The quantitative estimate of drug-likeness (QED) is 0.488. The van der Waals surface area contributed by atoms with Crippen LogP contribution in [0.15, 0.2) is 18.2 Å². The minimum atomic E-state index is -3.99. The number of alkyl halides is 1. The molecule has 1 aromatic carbocycles. The monoisotopic (exact) mass is 318 g/mol. The minimum absolute atomic E-state index is 0.0134. The number of fused-ring (bicyclic) bond motifs is 1. The lowest BCUT2D eigenvalue weighted by atomic mass is 10.1. The van der Waals surface area contributed by atoms with Gasteiger partial charge in [-0.2, -0.15) is 4.31 Å². The molecule has 2 rings (SSSR count). The molecule has 0 aliphatic carbocycles. The average Bonchev–Trinajstić information content (AvgIpc) is 2.53. The lowest BCUT2D eigenvalue weighted by Crippen LogP contribution is -2.36. The molecule has 1 aliphatic heterocycles. The highest BCUT2D eigenvalue weighted by atomic mass is 79.9. The fraction of sp³-hybridized carbons (Fsp3) is 0.111. The Morgan fingerprint density at radius 3 is 2.41 bits per heavy atom. The number of imide groups is 1. The highest BCUT2D eigenvalue weighted by Gasteiger charge is 2.43. The van der Waals surface area contributed by atoms with Crippen molar-refractivity contribution in [3.63, 3.8) is 0 Å². The van der Waals surface area contributed by atoms with Crippen LogP contribution < -0.4 is 5.73 Å². The molecule has 1 aliphatic rings. The molecule has 2 N–H and O–H groups in total. The van der Waals surface area contributed by atoms with Crippen molar-refractivity contribution < 1.29 is 18.0 Å². The fourth-order valence-corrected chi connectivity index (χ4v) is 3.00. The van der Waals surface area contributed by atoms with Crippen LogP contribution in [0.4, 0.5) is 5.69 Å². The minimum Gasteiger partial charge on any atom is -0.398 e. The number of halogens is 1. The third-order valence-electron chi connectivity index (χ3n) is 2.33. The summed E-state index contributed by atoms with van der Waals surface area (Å²) in [4.78, 5) is 23.7. The fourth-order valence-electron chi connectivity index (χ4n) is 1.59. The van der Waals surface area contributed by atoms with Crippen LogP contribution in [0.5, 0.6) is 0 Å². The maximum Gasteiger partial charge on any atom is 0.277 e. The van der Waals surface area contributed by atoms with Gasteiger partial charge in [0.25, 0.3) is 21.8 Å². The molecule has 90 valence electrons. The summed E-state index contributed by atoms with van der Waals surface area (Å²) in [5.41, 5.74) is 5.62. The number of rotatable bonds is 2. The van der Waals surface area contributed by atoms with Crippen molar-refractivity contribution in [2.24, 2.45) is 0 Å². The second-order valence-electron chi connectivity index (χ2n) is 3.37. The van der Waals surface area contributed by atoms with Crippen LogP contribution in [0.1, 0.15) is 20.7 Å². The summed E-state index contributed by atoms with van der Waals surface area (Å²) in [6.45, 7) is 0. The summed E-state index contributed by atoms with van der Waals surface area (Å²) in [5.74, 6) is -1.76. The standard InChI is InChI=1S/C9H7BrN2O4S/c10-4-17(15,16)12-8(13)5-2-1-3-6(11)7(5)9(12)14/h1-3H,4,11H2. The van der Waals surface area contributed by atoms with Gasteiger partial charge in [-0.05, 0) is 12.1 Å². The first-order chi connectivity index (χ1) is 7.90. The topological polar surface area (TPSA) is 97.5 Å². The molecule has 8 heteroatoms. The lowest BCUT2D eigenvalue weighted by Gasteiger charge is -2.11. The van der Waals surface area contributed by atoms with Crippen molar-refractivity contribution >= 4 is 43.5 Å². The van der Waals surface area contributed by atoms with Gasteiger partial charge in [0.05, 0.1) is 11.1 Å². The Morgan fingerprint density at radius 1 is 1.24 bits per heavy atom. The molecule has 0 saturated carbocycles. The number of carbonyl (C=O) groups is 2. The van der Waals surface area contributed by atoms with Crippen molar-refractivity contribution in [3.8, 4) is 0 Å². The van der Waals surface area contributed by atoms with Crippen molar-refractivity contribution in [1.29, 1.82) is 0 Å². The Bertz CT molecular complexity index is 626. The highest BCUT2D eigenvalue weighted by Crippen LogP contribution is 2.29. The van der Waals surface area contributed by atoms with Gasteiger partial charge >= 0.3 is 0 Å². The number of hydrogen-bond donors (Lipinski definition) is 1. The van der Waals surface area contributed by atoms with E-state index in [0.29, 0.717) is 0 Å². The van der Waals surface area contributed by atoms with Gasteiger partial charge in [-0.3, -0.25) is 9.59 Å². The lowest BCUT2D eigenvalue weighted by molar-refractivity contribution is 0.0766. The van der Waals surface area contributed by atoms with Crippen molar-refractivity contribution in [2.75, 3.05) is 10.4 Å². The Balaban J connectivity index is 2.66. The molecule has 0 fully saturated rings. The van der Waals surface area contributed by atoms with Gasteiger partial charge in [-0.15, -0.1) is 0 Å². The van der Waals surface area contributed by atoms with Gasteiger partial charge in [-0.1, -0.05) is 22.0 Å². The third-order valence-corrected chi connectivity index (χ3v) is 5.23. The zero-order valence-corrected chi connectivity index (χ0v) is 10.8. The molecule has 0 aromatic heterocycles. The zero-order chi connectivity index (χ0) is 12.8. The van der Waals surface area contributed by atoms with E-state index < -0.39 is 26.5 Å². The van der Waals surface area contributed by atoms with Crippen LogP contribution in [0.2, 0.25) is 0 Å². The molecule has 17 heavy (non-hydrogen) atoms. The predicted molar refractivity (Wildman–Crippen MR) is 64.1 cm³/mol. The van der Waals surface area contributed by atoms with E-state index in [-0.39, 0.29) is 21.1 Å².